The Hall–Kier alpha value is -3.98. The molecule has 4 aromatic carbocycles. The summed E-state index contributed by atoms with van der Waals surface area (Å²) in [6.45, 7) is 4.17. The first kappa shape index (κ1) is 26.1. The maximum absolute atomic E-state index is 12.8. The van der Waals surface area contributed by atoms with E-state index in [0.717, 1.165) is 27.5 Å². The summed E-state index contributed by atoms with van der Waals surface area (Å²) in [5.74, 6) is 0.209. The third-order valence-corrected chi connectivity index (χ3v) is 6.53. The lowest BCUT2D eigenvalue weighted by molar-refractivity contribution is -0.112. The zero-order chi connectivity index (χ0) is 26.5. The summed E-state index contributed by atoms with van der Waals surface area (Å²) >= 11 is 12.6. The number of amides is 1. The van der Waals surface area contributed by atoms with Gasteiger partial charge in [0.25, 0.3) is 5.91 Å². The second-order valence-electron chi connectivity index (χ2n) is 8.49. The number of rotatable bonds is 7. The van der Waals surface area contributed by atoms with Crippen LogP contribution in [0.4, 0.5) is 5.69 Å². The zero-order valence-corrected chi connectivity index (χ0v) is 22.1. The van der Waals surface area contributed by atoms with Crippen LogP contribution in [-0.2, 0) is 11.4 Å². The van der Waals surface area contributed by atoms with E-state index >= 15 is 0 Å². The van der Waals surface area contributed by atoms with Gasteiger partial charge in [0.1, 0.15) is 18.2 Å². The average molecular weight is 531 g/mol. The molecule has 0 aliphatic heterocycles. The molecule has 1 N–H and O–H groups in total. The standard InChI is InChI=1S/C30H24Cl2N2O3/c1-18-8-10-21-6-4-5-7-24(21)25(18)17-37-29-26(32)13-20(14-28(29)36-3)12-22(16-33)30(35)34-27-15-23(31)11-9-19(27)2/h4-15H,17H2,1-3H3,(H,34,35)/b22-12+. The molecule has 0 saturated carbocycles. The van der Waals surface area contributed by atoms with Crippen molar-refractivity contribution < 1.29 is 14.3 Å². The summed E-state index contributed by atoms with van der Waals surface area (Å²) < 4.78 is 11.7. The maximum atomic E-state index is 12.8. The fourth-order valence-electron chi connectivity index (χ4n) is 3.98. The van der Waals surface area contributed by atoms with Gasteiger partial charge in [-0.05, 0) is 71.7 Å². The molecule has 0 bridgehead atoms. The quantitative estimate of drug-likeness (QED) is 0.194. The number of nitrogens with one attached hydrogen (secondary N) is 1. The molecular formula is C30H24Cl2N2O3. The Labute approximate surface area is 225 Å². The van der Waals surface area contributed by atoms with Crippen LogP contribution in [0, 0.1) is 25.2 Å². The van der Waals surface area contributed by atoms with Gasteiger partial charge in [-0.15, -0.1) is 0 Å². The van der Waals surface area contributed by atoms with Gasteiger partial charge in [-0.3, -0.25) is 4.79 Å². The Kier molecular flexibility index (Phi) is 8.03. The van der Waals surface area contributed by atoms with E-state index in [9.17, 15) is 10.1 Å². The largest absolute Gasteiger partial charge is 0.493 e. The second-order valence-corrected chi connectivity index (χ2v) is 9.33. The van der Waals surface area contributed by atoms with E-state index in [1.165, 1.54) is 13.2 Å². The highest BCUT2D eigenvalue weighted by Gasteiger charge is 2.16. The van der Waals surface area contributed by atoms with Gasteiger partial charge in [0, 0.05) is 16.3 Å². The Morgan fingerprint density at radius 2 is 1.78 bits per heavy atom. The van der Waals surface area contributed by atoms with Crippen molar-refractivity contribution in [2.24, 2.45) is 0 Å². The fraction of sp³-hybridized carbons (Fsp3) is 0.133. The van der Waals surface area contributed by atoms with Crippen molar-refractivity contribution in [1.82, 2.24) is 0 Å². The van der Waals surface area contributed by atoms with Crippen molar-refractivity contribution >= 4 is 51.6 Å². The molecule has 0 saturated heterocycles. The predicted molar refractivity (Wildman–Crippen MR) is 149 cm³/mol. The molecule has 0 spiro atoms. The monoisotopic (exact) mass is 530 g/mol. The number of nitrogens with zero attached hydrogens (tertiary/aromatic N) is 1. The zero-order valence-electron chi connectivity index (χ0n) is 20.6. The molecule has 0 aliphatic carbocycles. The number of methoxy groups -OCH3 is 1. The molecule has 0 heterocycles. The van der Waals surface area contributed by atoms with E-state index < -0.39 is 5.91 Å². The van der Waals surface area contributed by atoms with Gasteiger partial charge >= 0.3 is 0 Å². The number of anilines is 1. The third kappa shape index (κ3) is 5.89. The fourth-order valence-corrected chi connectivity index (χ4v) is 4.42. The van der Waals surface area contributed by atoms with Crippen molar-refractivity contribution in [2.75, 3.05) is 12.4 Å². The molecule has 0 radical (unpaired) electrons. The molecule has 5 nitrogen and oxygen atoms in total. The number of nitriles is 1. The van der Waals surface area contributed by atoms with E-state index in [-0.39, 0.29) is 5.57 Å². The maximum Gasteiger partial charge on any atom is 0.266 e. The Morgan fingerprint density at radius 1 is 1.03 bits per heavy atom. The highest BCUT2D eigenvalue weighted by atomic mass is 35.5. The summed E-state index contributed by atoms with van der Waals surface area (Å²) in [7, 11) is 1.51. The van der Waals surface area contributed by atoms with Crippen molar-refractivity contribution in [1.29, 1.82) is 5.26 Å². The van der Waals surface area contributed by atoms with E-state index in [4.69, 9.17) is 32.7 Å². The van der Waals surface area contributed by atoms with Crippen LogP contribution in [0.3, 0.4) is 0 Å². The van der Waals surface area contributed by atoms with Crippen molar-refractivity contribution in [3.63, 3.8) is 0 Å². The summed E-state index contributed by atoms with van der Waals surface area (Å²) in [5.41, 5.74) is 3.93. The Morgan fingerprint density at radius 3 is 2.54 bits per heavy atom. The first-order chi connectivity index (χ1) is 17.8. The molecule has 7 heteroatoms. The van der Waals surface area contributed by atoms with Gasteiger partial charge in [-0.1, -0.05) is 65.7 Å². The molecule has 0 aromatic heterocycles. The average Bonchev–Trinajstić information content (AvgIpc) is 2.89. The lowest BCUT2D eigenvalue weighted by Crippen LogP contribution is -2.14. The number of carbonyl (C=O) groups is 1. The molecule has 4 rings (SSSR count). The number of ether oxygens (including phenoxy) is 2. The molecule has 37 heavy (non-hydrogen) atoms. The normalized spacial score (nSPS) is 11.2. The summed E-state index contributed by atoms with van der Waals surface area (Å²) in [6, 6.07) is 22.7. The first-order valence-electron chi connectivity index (χ1n) is 11.5. The highest BCUT2D eigenvalue weighted by molar-refractivity contribution is 6.32. The molecule has 0 fully saturated rings. The van der Waals surface area contributed by atoms with E-state index in [0.29, 0.717) is 39.4 Å². The van der Waals surface area contributed by atoms with E-state index in [2.05, 4.69) is 29.6 Å². The van der Waals surface area contributed by atoms with Crippen LogP contribution in [0.25, 0.3) is 16.8 Å². The molecule has 0 aliphatic rings. The number of hydrogen-bond donors (Lipinski definition) is 1. The van der Waals surface area contributed by atoms with E-state index in [1.807, 2.05) is 32.0 Å². The molecule has 0 atom stereocenters. The van der Waals surface area contributed by atoms with Crippen LogP contribution in [0.5, 0.6) is 11.5 Å². The van der Waals surface area contributed by atoms with Gasteiger partial charge < -0.3 is 14.8 Å². The SMILES string of the molecule is COc1cc(/C=C(\C#N)C(=O)Nc2cc(Cl)ccc2C)cc(Cl)c1OCc1c(C)ccc2ccccc12. The predicted octanol–water partition coefficient (Wildman–Crippen LogP) is 7.90. The minimum absolute atomic E-state index is 0.0995. The highest BCUT2D eigenvalue weighted by Crippen LogP contribution is 2.38. The lowest BCUT2D eigenvalue weighted by Gasteiger charge is -2.16. The first-order valence-corrected chi connectivity index (χ1v) is 12.2. The number of hydrogen-bond acceptors (Lipinski definition) is 4. The van der Waals surface area contributed by atoms with Crippen molar-refractivity contribution in [3.8, 4) is 17.6 Å². The number of aryl methyl sites for hydroxylation is 2. The van der Waals surface area contributed by atoms with Crippen molar-refractivity contribution in [3.05, 3.63) is 105 Å². The van der Waals surface area contributed by atoms with Gasteiger partial charge in [0.15, 0.2) is 11.5 Å². The summed E-state index contributed by atoms with van der Waals surface area (Å²) in [5, 5.41) is 15.4. The smallest absolute Gasteiger partial charge is 0.266 e. The minimum atomic E-state index is -0.560. The van der Waals surface area contributed by atoms with Crippen LogP contribution < -0.4 is 14.8 Å². The molecule has 1 amide bonds. The Bertz CT molecular complexity index is 1570. The molecule has 0 unspecified atom stereocenters. The molecular weight excluding hydrogens is 507 g/mol. The van der Waals surface area contributed by atoms with Gasteiger partial charge in [-0.25, -0.2) is 0 Å². The van der Waals surface area contributed by atoms with Crippen LogP contribution in [0.15, 0.2) is 72.3 Å². The van der Waals surface area contributed by atoms with Gasteiger partial charge in [0.05, 0.1) is 12.1 Å². The summed E-state index contributed by atoms with van der Waals surface area (Å²) in [4.78, 5) is 12.8. The molecule has 186 valence electrons. The van der Waals surface area contributed by atoms with Gasteiger partial charge in [0.2, 0.25) is 0 Å². The Balaban J connectivity index is 1.60. The topological polar surface area (TPSA) is 71.3 Å². The second kappa shape index (κ2) is 11.4. The summed E-state index contributed by atoms with van der Waals surface area (Å²) in [6.07, 6.45) is 1.45. The van der Waals surface area contributed by atoms with Gasteiger partial charge in [-0.2, -0.15) is 5.26 Å². The lowest BCUT2D eigenvalue weighted by atomic mass is 10.0. The third-order valence-electron chi connectivity index (χ3n) is 6.01. The van der Waals surface area contributed by atoms with Crippen LogP contribution in [0.1, 0.15) is 22.3 Å². The van der Waals surface area contributed by atoms with Crippen molar-refractivity contribution in [2.45, 2.75) is 20.5 Å². The number of benzene rings is 4. The minimum Gasteiger partial charge on any atom is -0.493 e. The van der Waals surface area contributed by atoms with E-state index in [1.54, 1.807) is 30.3 Å². The number of fused-ring (bicyclic) bond motifs is 1. The number of halogens is 2. The van der Waals surface area contributed by atoms with Crippen LogP contribution in [0.2, 0.25) is 10.0 Å². The van der Waals surface area contributed by atoms with Crippen LogP contribution in [-0.4, -0.2) is 13.0 Å². The molecule has 4 aromatic rings. The van der Waals surface area contributed by atoms with Crippen LogP contribution >= 0.6 is 23.2 Å². The number of carbonyl (C=O) groups excluding carboxylic acids is 1.